The Balaban J connectivity index is 1.65. The third-order valence-corrected chi connectivity index (χ3v) is 6.93. The van der Waals surface area contributed by atoms with Crippen LogP contribution in [0.25, 0.3) is 11.8 Å². The normalized spacial score (nSPS) is 16.3. The summed E-state index contributed by atoms with van der Waals surface area (Å²) in [6, 6.07) is 24.5. The lowest BCUT2D eigenvalue weighted by Gasteiger charge is -2.39. The van der Waals surface area contributed by atoms with Crippen molar-refractivity contribution in [2.75, 3.05) is 4.90 Å². The first kappa shape index (κ1) is 19.5. The number of amidine groups is 1. The number of aryl methyl sites for hydroxylation is 1. The van der Waals surface area contributed by atoms with E-state index < -0.39 is 0 Å². The number of para-hydroxylation sites is 1. The topological polar surface area (TPSA) is 33.4 Å². The Morgan fingerprint density at radius 3 is 2.47 bits per heavy atom. The zero-order chi connectivity index (χ0) is 21.8. The average Bonchev–Trinajstić information content (AvgIpc) is 3.14. The fourth-order valence-corrected chi connectivity index (χ4v) is 5.15. The van der Waals surface area contributed by atoms with Crippen molar-refractivity contribution in [2.24, 2.45) is 4.99 Å². The smallest absolute Gasteiger partial charge is 0.163 e. The highest BCUT2D eigenvalue weighted by Gasteiger charge is 2.38. The Hall–Kier alpha value is -3.15. The molecular weight excluding hydrogens is 484 g/mol. The number of aromatic nitrogens is 2. The molecule has 4 nitrogen and oxygen atoms in total. The Morgan fingerprint density at radius 2 is 1.66 bits per heavy atom. The molecule has 0 spiro atoms. The van der Waals surface area contributed by atoms with Crippen LogP contribution in [0.2, 0.25) is 5.02 Å². The van der Waals surface area contributed by atoms with Crippen molar-refractivity contribution in [3.63, 3.8) is 0 Å². The molecule has 6 rings (SSSR count). The van der Waals surface area contributed by atoms with Gasteiger partial charge >= 0.3 is 0 Å². The van der Waals surface area contributed by atoms with Crippen molar-refractivity contribution in [2.45, 2.75) is 13.0 Å². The lowest BCUT2D eigenvalue weighted by molar-refractivity contribution is 0.810. The molecule has 0 saturated carbocycles. The molecule has 0 aliphatic carbocycles. The maximum Gasteiger partial charge on any atom is 0.163 e. The quantitative estimate of drug-likeness (QED) is 0.289. The van der Waals surface area contributed by atoms with Gasteiger partial charge in [-0.05, 0) is 66.6 Å². The van der Waals surface area contributed by atoms with Crippen LogP contribution in [-0.2, 0) is 0 Å². The van der Waals surface area contributed by atoms with Crippen molar-refractivity contribution in [3.05, 3.63) is 111 Å². The van der Waals surface area contributed by atoms with Gasteiger partial charge in [-0.25, -0.2) is 9.67 Å². The van der Waals surface area contributed by atoms with E-state index >= 15 is 0 Å². The van der Waals surface area contributed by atoms with Crippen molar-refractivity contribution in [1.29, 1.82) is 0 Å². The van der Waals surface area contributed by atoms with Gasteiger partial charge in [-0.3, -0.25) is 0 Å². The standard InChI is InChI=1S/C26H18BrClN4/c1-16-24-25(20-7-3-4-8-21(20)27)31-22-9-5-2-6-17(22)10-15-23(31)29-26(24)32(30-16)19-13-11-18(28)12-14-19/h2-15,25H,1H3. The summed E-state index contributed by atoms with van der Waals surface area (Å²) in [5.74, 6) is 1.74. The first-order valence-electron chi connectivity index (χ1n) is 10.4. The van der Waals surface area contributed by atoms with E-state index in [0.717, 1.165) is 38.8 Å². The molecule has 1 unspecified atom stereocenters. The molecule has 6 heteroatoms. The molecule has 0 amide bonds. The highest BCUT2D eigenvalue weighted by molar-refractivity contribution is 9.10. The SMILES string of the molecule is Cc1nn(-c2ccc(Cl)cc2)c2c1C(c1ccccc1Br)N1C(=N2)C=Cc2ccccc21. The van der Waals surface area contributed by atoms with Gasteiger partial charge in [-0.1, -0.05) is 63.9 Å². The molecule has 4 aromatic rings. The summed E-state index contributed by atoms with van der Waals surface area (Å²) in [5.41, 5.74) is 6.47. The summed E-state index contributed by atoms with van der Waals surface area (Å²) < 4.78 is 2.98. The summed E-state index contributed by atoms with van der Waals surface area (Å²) in [7, 11) is 0. The van der Waals surface area contributed by atoms with Crippen molar-refractivity contribution in [3.8, 4) is 5.69 Å². The molecule has 0 saturated heterocycles. The van der Waals surface area contributed by atoms with E-state index in [1.165, 1.54) is 11.1 Å². The largest absolute Gasteiger partial charge is 0.314 e. The van der Waals surface area contributed by atoms with E-state index in [1.54, 1.807) is 0 Å². The zero-order valence-electron chi connectivity index (χ0n) is 17.2. The van der Waals surface area contributed by atoms with Crippen molar-refractivity contribution < 1.29 is 0 Å². The maximum atomic E-state index is 6.13. The number of benzene rings is 3. The van der Waals surface area contributed by atoms with Gasteiger partial charge < -0.3 is 4.90 Å². The fourth-order valence-electron chi connectivity index (χ4n) is 4.52. The molecule has 1 atom stereocenters. The predicted octanol–water partition coefficient (Wildman–Crippen LogP) is 7.26. The van der Waals surface area contributed by atoms with Crippen LogP contribution in [0.1, 0.15) is 28.4 Å². The maximum absolute atomic E-state index is 6.13. The van der Waals surface area contributed by atoms with E-state index in [9.17, 15) is 0 Å². The Morgan fingerprint density at radius 1 is 0.906 bits per heavy atom. The lowest BCUT2D eigenvalue weighted by atomic mass is 9.92. The van der Waals surface area contributed by atoms with Crippen LogP contribution in [0, 0.1) is 6.92 Å². The molecular formula is C26H18BrClN4. The van der Waals surface area contributed by atoms with Gasteiger partial charge in [0.25, 0.3) is 0 Å². The number of aliphatic imine (C=N–C) groups is 1. The van der Waals surface area contributed by atoms with Gasteiger partial charge in [0, 0.05) is 15.1 Å². The molecule has 1 aromatic heterocycles. The fraction of sp³-hybridized carbons (Fsp3) is 0.0769. The molecule has 32 heavy (non-hydrogen) atoms. The van der Waals surface area contributed by atoms with Crippen LogP contribution in [0.3, 0.4) is 0 Å². The van der Waals surface area contributed by atoms with Crippen LogP contribution in [-0.4, -0.2) is 15.6 Å². The van der Waals surface area contributed by atoms with Crippen LogP contribution < -0.4 is 4.90 Å². The number of hydrogen-bond acceptors (Lipinski definition) is 3. The van der Waals surface area contributed by atoms with E-state index in [2.05, 4.69) is 82.4 Å². The number of hydrogen-bond donors (Lipinski definition) is 0. The van der Waals surface area contributed by atoms with E-state index in [-0.39, 0.29) is 6.04 Å². The van der Waals surface area contributed by atoms with Crippen LogP contribution in [0.5, 0.6) is 0 Å². The Labute approximate surface area is 199 Å². The van der Waals surface area contributed by atoms with Gasteiger partial charge in [0.1, 0.15) is 5.84 Å². The number of anilines is 1. The molecule has 0 fully saturated rings. The molecule has 2 aliphatic heterocycles. The molecule has 156 valence electrons. The monoisotopic (exact) mass is 500 g/mol. The van der Waals surface area contributed by atoms with E-state index in [4.69, 9.17) is 21.7 Å². The summed E-state index contributed by atoms with van der Waals surface area (Å²) >= 11 is 9.93. The van der Waals surface area contributed by atoms with Gasteiger partial charge in [0.15, 0.2) is 5.82 Å². The molecule has 2 aliphatic rings. The first-order valence-corrected chi connectivity index (χ1v) is 11.5. The molecule has 3 aromatic carbocycles. The van der Waals surface area contributed by atoms with Gasteiger partial charge in [-0.2, -0.15) is 5.10 Å². The van der Waals surface area contributed by atoms with Crippen LogP contribution in [0.4, 0.5) is 11.5 Å². The summed E-state index contributed by atoms with van der Waals surface area (Å²) in [6.07, 6.45) is 4.21. The number of nitrogens with zero attached hydrogens (tertiary/aromatic N) is 4. The van der Waals surface area contributed by atoms with Gasteiger partial charge in [0.2, 0.25) is 0 Å². The van der Waals surface area contributed by atoms with E-state index in [1.807, 2.05) is 35.0 Å². The third-order valence-electron chi connectivity index (χ3n) is 5.96. The third kappa shape index (κ3) is 2.96. The summed E-state index contributed by atoms with van der Waals surface area (Å²) in [6.45, 7) is 2.06. The minimum Gasteiger partial charge on any atom is -0.314 e. The number of halogens is 2. The predicted molar refractivity (Wildman–Crippen MR) is 134 cm³/mol. The first-order chi connectivity index (χ1) is 15.6. The Bertz CT molecular complexity index is 1420. The lowest BCUT2D eigenvalue weighted by Crippen LogP contribution is -2.39. The van der Waals surface area contributed by atoms with Crippen molar-refractivity contribution in [1.82, 2.24) is 9.78 Å². The number of rotatable bonds is 2. The second-order valence-electron chi connectivity index (χ2n) is 7.87. The highest BCUT2D eigenvalue weighted by Crippen LogP contribution is 2.47. The van der Waals surface area contributed by atoms with E-state index in [0.29, 0.717) is 5.02 Å². The van der Waals surface area contributed by atoms with Crippen LogP contribution in [0.15, 0.2) is 88.3 Å². The minimum absolute atomic E-state index is 0.0692. The van der Waals surface area contributed by atoms with Gasteiger partial charge in [0.05, 0.1) is 23.1 Å². The second kappa shape index (κ2) is 7.47. The van der Waals surface area contributed by atoms with Crippen molar-refractivity contribution >= 4 is 50.9 Å². The van der Waals surface area contributed by atoms with Crippen LogP contribution >= 0.6 is 27.5 Å². The van der Waals surface area contributed by atoms with Gasteiger partial charge in [-0.15, -0.1) is 0 Å². The zero-order valence-corrected chi connectivity index (χ0v) is 19.5. The summed E-state index contributed by atoms with van der Waals surface area (Å²) in [4.78, 5) is 7.42. The Kier molecular flexibility index (Phi) is 4.56. The number of fused-ring (bicyclic) bond motifs is 4. The molecule has 3 heterocycles. The average molecular weight is 502 g/mol. The summed E-state index contributed by atoms with van der Waals surface area (Å²) in [5, 5.41) is 5.61. The molecule has 0 bridgehead atoms. The second-order valence-corrected chi connectivity index (χ2v) is 9.16. The highest BCUT2D eigenvalue weighted by atomic mass is 79.9. The minimum atomic E-state index is -0.0692. The molecule has 0 N–H and O–H groups in total. The molecule has 0 radical (unpaired) electrons.